The number of rotatable bonds is 6. The standard InChI is InChI=1S/C23H29FN4O/c1-2-11-28-21-10-9-19(25-16-17-7-6-8-18(24)14-17)15-20(21)22(26-28)23(29)27-12-4-3-5-13-27/h2,6-8,14,19,25H,1,3-5,9-13,15-16H2. The van der Waals surface area contributed by atoms with Crippen molar-refractivity contribution in [3.05, 3.63) is 65.3 Å². The van der Waals surface area contributed by atoms with Gasteiger partial charge < -0.3 is 10.2 Å². The first-order valence-corrected chi connectivity index (χ1v) is 10.6. The lowest BCUT2D eigenvalue weighted by atomic mass is 9.90. The molecule has 1 fully saturated rings. The molecule has 1 unspecified atom stereocenters. The molecule has 6 heteroatoms. The van der Waals surface area contributed by atoms with Crippen LogP contribution < -0.4 is 5.32 Å². The van der Waals surface area contributed by atoms with E-state index in [-0.39, 0.29) is 17.8 Å². The molecule has 4 rings (SSSR count). The van der Waals surface area contributed by atoms with Gasteiger partial charge in [0.05, 0.1) is 6.54 Å². The Morgan fingerprint density at radius 1 is 1.31 bits per heavy atom. The average Bonchev–Trinajstić information content (AvgIpc) is 3.10. The molecular weight excluding hydrogens is 367 g/mol. The first-order valence-electron chi connectivity index (χ1n) is 10.6. The van der Waals surface area contributed by atoms with Crippen molar-refractivity contribution in [2.24, 2.45) is 0 Å². The molecule has 1 saturated heterocycles. The van der Waals surface area contributed by atoms with Crippen molar-refractivity contribution in [3.63, 3.8) is 0 Å². The molecule has 0 radical (unpaired) electrons. The number of carbonyl (C=O) groups excluding carboxylic acids is 1. The summed E-state index contributed by atoms with van der Waals surface area (Å²) in [4.78, 5) is 15.1. The van der Waals surface area contributed by atoms with E-state index in [1.165, 1.54) is 12.5 Å². The number of nitrogens with zero attached hydrogens (tertiary/aromatic N) is 3. The highest BCUT2D eigenvalue weighted by molar-refractivity contribution is 5.94. The number of amides is 1. The molecule has 1 amide bonds. The van der Waals surface area contributed by atoms with Crippen LogP contribution in [-0.4, -0.2) is 39.7 Å². The number of likely N-dealkylation sites (tertiary alicyclic amines) is 1. The molecule has 1 aromatic carbocycles. The van der Waals surface area contributed by atoms with Crippen molar-refractivity contribution >= 4 is 5.91 Å². The minimum Gasteiger partial charge on any atom is -0.337 e. The second kappa shape index (κ2) is 8.91. The Labute approximate surface area is 171 Å². The van der Waals surface area contributed by atoms with Crippen LogP contribution in [0.15, 0.2) is 36.9 Å². The summed E-state index contributed by atoms with van der Waals surface area (Å²) in [5.74, 6) is -0.148. The highest BCUT2D eigenvalue weighted by atomic mass is 19.1. The molecular formula is C23H29FN4O. The average molecular weight is 397 g/mol. The zero-order valence-electron chi connectivity index (χ0n) is 16.9. The molecule has 2 aromatic rings. The number of fused-ring (bicyclic) bond motifs is 1. The summed E-state index contributed by atoms with van der Waals surface area (Å²) in [5.41, 5.74) is 3.78. The minimum absolute atomic E-state index is 0.0644. The Morgan fingerprint density at radius 2 is 2.14 bits per heavy atom. The van der Waals surface area contributed by atoms with Crippen molar-refractivity contribution in [3.8, 4) is 0 Å². The maximum absolute atomic E-state index is 13.4. The summed E-state index contributed by atoms with van der Waals surface area (Å²) >= 11 is 0. The number of hydrogen-bond donors (Lipinski definition) is 1. The van der Waals surface area contributed by atoms with Gasteiger partial charge in [-0.2, -0.15) is 5.10 Å². The summed E-state index contributed by atoms with van der Waals surface area (Å²) in [6, 6.07) is 6.94. The fraction of sp³-hybridized carbons (Fsp3) is 0.478. The highest BCUT2D eigenvalue weighted by Gasteiger charge is 2.31. The van der Waals surface area contributed by atoms with Gasteiger partial charge in [-0.15, -0.1) is 6.58 Å². The number of halogens is 1. The van der Waals surface area contributed by atoms with Crippen LogP contribution in [0.4, 0.5) is 4.39 Å². The van der Waals surface area contributed by atoms with Crippen LogP contribution in [0, 0.1) is 5.82 Å². The third-order valence-electron chi connectivity index (χ3n) is 5.98. The Kier molecular flexibility index (Phi) is 6.09. The fourth-order valence-electron chi connectivity index (χ4n) is 4.46. The first-order chi connectivity index (χ1) is 14.2. The van der Waals surface area contributed by atoms with Gasteiger partial charge in [-0.25, -0.2) is 4.39 Å². The van der Waals surface area contributed by atoms with Gasteiger partial charge in [-0.1, -0.05) is 18.2 Å². The van der Waals surface area contributed by atoms with Crippen LogP contribution in [0.5, 0.6) is 0 Å². The normalized spacial score (nSPS) is 19.1. The SMILES string of the molecule is C=CCn1nc(C(=O)N2CCCCC2)c2c1CCC(NCc1cccc(F)c1)C2. The van der Waals surface area contributed by atoms with Crippen LogP contribution in [0.1, 0.15) is 53.0 Å². The monoisotopic (exact) mass is 396 g/mol. The molecule has 29 heavy (non-hydrogen) atoms. The van der Waals surface area contributed by atoms with Gasteiger partial charge in [0.2, 0.25) is 0 Å². The number of piperidine rings is 1. The molecule has 1 aromatic heterocycles. The Bertz CT molecular complexity index is 885. The fourth-order valence-corrected chi connectivity index (χ4v) is 4.46. The molecule has 1 atom stereocenters. The van der Waals surface area contributed by atoms with Crippen LogP contribution in [-0.2, 0) is 25.9 Å². The van der Waals surface area contributed by atoms with Gasteiger partial charge >= 0.3 is 0 Å². The number of nitrogens with one attached hydrogen (secondary N) is 1. The molecule has 5 nitrogen and oxygen atoms in total. The lowest BCUT2D eigenvalue weighted by molar-refractivity contribution is 0.0716. The molecule has 2 aliphatic rings. The van der Waals surface area contributed by atoms with E-state index in [0.717, 1.165) is 62.0 Å². The predicted octanol–water partition coefficient (Wildman–Crippen LogP) is 3.48. The molecule has 1 N–H and O–H groups in total. The molecule has 0 spiro atoms. The van der Waals surface area contributed by atoms with Gasteiger partial charge in [0.1, 0.15) is 5.82 Å². The number of aromatic nitrogens is 2. The summed E-state index contributed by atoms with van der Waals surface area (Å²) in [6.07, 6.45) is 7.79. The predicted molar refractivity (Wildman–Crippen MR) is 111 cm³/mol. The maximum Gasteiger partial charge on any atom is 0.274 e. The number of hydrogen-bond acceptors (Lipinski definition) is 3. The largest absolute Gasteiger partial charge is 0.337 e. The van der Waals surface area contributed by atoms with Gasteiger partial charge in [0.15, 0.2) is 5.69 Å². The van der Waals surface area contributed by atoms with Crippen molar-refractivity contribution in [2.75, 3.05) is 13.1 Å². The maximum atomic E-state index is 13.4. The van der Waals surface area contributed by atoms with E-state index in [1.807, 2.05) is 21.7 Å². The van der Waals surface area contributed by atoms with E-state index in [1.54, 1.807) is 12.1 Å². The summed E-state index contributed by atoms with van der Waals surface area (Å²) < 4.78 is 15.4. The van der Waals surface area contributed by atoms with E-state index in [9.17, 15) is 9.18 Å². The van der Waals surface area contributed by atoms with Crippen LogP contribution in [0.2, 0.25) is 0 Å². The van der Waals surface area contributed by atoms with E-state index in [2.05, 4.69) is 11.9 Å². The second-order valence-corrected chi connectivity index (χ2v) is 8.05. The van der Waals surface area contributed by atoms with E-state index in [4.69, 9.17) is 5.10 Å². The van der Waals surface area contributed by atoms with Crippen molar-refractivity contribution in [1.82, 2.24) is 20.0 Å². The van der Waals surface area contributed by atoms with Crippen molar-refractivity contribution < 1.29 is 9.18 Å². The van der Waals surface area contributed by atoms with Crippen LogP contribution >= 0.6 is 0 Å². The summed E-state index contributed by atoms with van der Waals surface area (Å²) in [7, 11) is 0. The molecule has 154 valence electrons. The number of benzene rings is 1. The Hall–Kier alpha value is -2.47. The van der Waals surface area contributed by atoms with Crippen LogP contribution in [0.3, 0.4) is 0 Å². The van der Waals surface area contributed by atoms with Gasteiger partial charge in [0.25, 0.3) is 5.91 Å². The Morgan fingerprint density at radius 3 is 2.90 bits per heavy atom. The Balaban J connectivity index is 1.52. The summed E-state index contributed by atoms with van der Waals surface area (Å²) in [6.45, 7) is 6.72. The zero-order valence-corrected chi connectivity index (χ0v) is 16.9. The lowest BCUT2D eigenvalue weighted by Crippen LogP contribution is -2.38. The van der Waals surface area contributed by atoms with Gasteiger partial charge in [-0.3, -0.25) is 9.48 Å². The topological polar surface area (TPSA) is 50.2 Å². The van der Waals surface area contributed by atoms with E-state index >= 15 is 0 Å². The number of carbonyl (C=O) groups is 1. The molecule has 1 aliphatic carbocycles. The van der Waals surface area contributed by atoms with Crippen LogP contribution in [0.25, 0.3) is 0 Å². The second-order valence-electron chi connectivity index (χ2n) is 8.05. The lowest BCUT2D eigenvalue weighted by Gasteiger charge is -2.28. The van der Waals surface area contributed by atoms with E-state index < -0.39 is 0 Å². The van der Waals surface area contributed by atoms with Crippen molar-refractivity contribution in [2.45, 2.75) is 57.7 Å². The quantitative estimate of drug-likeness (QED) is 0.761. The smallest absolute Gasteiger partial charge is 0.274 e. The number of allylic oxidation sites excluding steroid dienone is 1. The molecule has 1 aliphatic heterocycles. The summed E-state index contributed by atoms with van der Waals surface area (Å²) in [5, 5.41) is 8.24. The first kappa shape index (κ1) is 19.8. The molecule has 0 bridgehead atoms. The zero-order chi connectivity index (χ0) is 20.2. The molecule has 2 heterocycles. The highest BCUT2D eigenvalue weighted by Crippen LogP contribution is 2.27. The third kappa shape index (κ3) is 4.42. The third-order valence-corrected chi connectivity index (χ3v) is 5.98. The molecule has 0 saturated carbocycles. The van der Waals surface area contributed by atoms with Gasteiger partial charge in [-0.05, 0) is 56.2 Å². The van der Waals surface area contributed by atoms with Gasteiger partial charge in [0, 0.05) is 36.9 Å². The van der Waals surface area contributed by atoms with Crippen molar-refractivity contribution in [1.29, 1.82) is 0 Å². The van der Waals surface area contributed by atoms with E-state index in [0.29, 0.717) is 18.8 Å². The minimum atomic E-state index is -0.213.